The fraction of sp³-hybridized carbons (Fsp3) is 0.273. The molecule has 4 nitrogen and oxygen atoms in total. The van der Waals surface area contributed by atoms with Crippen molar-refractivity contribution in [2.24, 2.45) is 7.05 Å². The average molecular weight is 281 g/mol. The van der Waals surface area contributed by atoms with Crippen molar-refractivity contribution >= 4 is 21.7 Å². The van der Waals surface area contributed by atoms with Crippen LogP contribution in [0, 0.1) is 0 Å². The average Bonchev–Trinajstić information content (AvgIpc) is 2.67. The van der Waals surface area contributed by atoms with E-state index in [0.29, 0.717) is 0 Å². The first-order chi connectivity index (χ1) is 7.75. The third-order valence-electron chi connectivity index (χ3n) is 2.22. The lowest BCUT2D eigenvalue weighted by Crippen LogP contribution is -2.06. The number of hydrogen-bond donors (Lipinski definition) is 1. The van der Waals surface area contributed by atoms with Crippen LogP contribution in [0.2, 0.25) is 0 Å². The SMILES string of the molecule is Cn1cc(CCNc2ncccc2Br)cn1. The molecule has 2 aromatic heterocycles. The molecule has 2 heterocycles. The van der Waals surface area contributed by atoms with Gasteiger partial charge in [0, 0.05) is 26.0 Å². The van der Waals surface area contributed by atoms with Gasteiger partial charge in [-0.15, -0.1) is 0 Å². The molecule has 0 unspecified atom stereocenters. The van der Waals surface area contributed by atoms with Crippen molar-refractivity contribution in [2.75, 3.05) is 11.9 Å². The number of nitrogens with zero attached hydrogens (tertiary/aromatic N) is 3. The summed E-state index contributed by atoms with van der Waals surface area (Å²) in [5.74, 6) is 0.881. The Kier molecular flexibility index (Phi) is 3.56. The first kappa shape index (κ1) is 11.1. The molecule has 0 aliphatic heterocycles. The zero-order valence-electron chi connectivity index (χ0n) is 9.02. The molecule has 0 aliphatic carbocycles. The minimum atomic E-state index is 0.849. The Labute approximate surface area is 103 Å². The summed E-state index contributed by atoms with van der Waals surface area (Å²) >= 11 is 3.45. The lowest BCUT2D eigenvalue weighted by molar-refractivity contribution is 0.767. The third-order valence-corrected chi connectivity index (χ3v) is 2.86. The maximum Gasteiger partial charge on any atom is 0.140 e. The largest absolute Gasteiger partial charge is 0.369 e. The van der Waals surface area contributed by atoms with Gasteiger partial charge in [0.1, 0.15) is 5.82 Å². The van der Waals surface area contributed by atoms with E-state index in [0.717, 1.165) is 23.3 Å². The number of hydrogen-bond acceptors (Lipinski definition) is 3. The minimum absolute atomic E-state index is 0.849. The van der Waals surface area contributed by atoms with Crippen molar-refractivity contribution in [2.45, 2.75) is 6.42 Å². The number of halogens is 1. The predicted octanol–water partition coefficient (Wildman–Crippen LogP) is 2.23. The van der Waals surface area contributed by atoms with E-state index in [1.54, 1.807) is 6.20 Å². The fourth-order valence-corrected chi connectivity index (χ4v) is 1.84. The molecule has 0 saturated heterocycles. The number of anilines is 1. The number of aryl methyl sites for hydroxylation is 1. The maximum atomic E-state index is 4.24. The molecule has 0 aliphatic rings. The Balaban J connectivity index is 1.87. The Hall–Kier alpha value is -1.36. The van der Waals surface area contributed by atoms with Crippen LogP contribution in [0.1, 0.15) is 5.56 Å². The van der Waals surface area contributed by atoms with Gasteiger partial charge >= 0.3 is 0 Å². The van der Waals surface area contributed by atoms with Gasteiger partial charge < -0.3 is 5.32 Å². The number of rotatable bonds is 4. The summed E-state index contributed by atoms with van der Waals surface area (Å²) in [7, 11) is 1.92. The standard InChI is InChI=1S/C11H13BrN4/c1-16-8-9(7-15-16)4-6-14-11-10(12)3-2-5-13-11/h2-3,5,7-8H,4,6H2,1H3,(H,13,14). The van der Waals surface area contributed by atoms with E-state index in [1.807, 2.05) is 36.3 Å². The second kappa shape index (κ2) is 5.12. The molecule has 0 radical (unpaired) electrons. The molecule has 0 bridgehead atoms. The topological polar surface area (TPSA) is 42.7 Å². The Morgan fingerprint density at radius 1 is 1.50 bits per heavy atom. The molecule has 1 N–H and O–H groups in total. The molecule has 0 amide bonds. The smallest absolute Gasteiger partial charge is 0.140 e. The highest BCUT2D eigenvalue weighted by molar-refractivity contribution is 9.10. The van der Waals surface area contributed by atoms with Crippen LogP contribution < -0.4 is 5.32 Å². The Morgan fingerprint density at radius 2 is 2.38 bits per heavy atom. The van der Waals surface area contributed by atoms with Crippen LogP contribution in [-0.4, -0.2) is 21.3 Å². The summed E-state index contributed by atoms with van der Waals surface area (Å²) in [4.78, 5) is 4.24. The molecule has 84 valence electrons. The Bertz CT molecular complexity index is 467. The molecule has 0 atom stereocenters. The molecule has 2 rings (SSSR count). The highest BCUT2D eigenvalue weighted by atomic mass is 79.9. The van der Waals surface area contributed by atoms with Crippen LogP contribution in [-0.2, 0) is 13.5 Å². The molecule has 0 fully saturated rings. The molecular weight excluding hydrogens is 268 g/mol. The molecule has 16 heavy (non-hydrogen) atoms. The number of pyridine rings is 1. The van der Waals surface area contributed by atoms with Gasteiger partial charge in [0.05, 0.1) is 10.7 Å². The van der Waals surface area contributed by atoms with Crippen LogP contribution in [0.15, 0.2) is 35.2 Å². The van der Waals surface area contributed by atoms with Gasteiger partial charge in [-0.05, 0) is 40.0 Å². The first-order valence-corrected chi connectivity index (χ1v) is 5.87. The number of nitrogens with one attached hydrogen (secondary N) is 1. The van der Waals surface area contributed by atoms with E-state index < -0.39 is 0 Å². The van der Waals surface area contributed by atoms with E-state index in [4.69, 9.17) is 0 Å². The van der Waals surface area contributed by atoms with E-state index in [2.05, 4.69) is 31.3 Å². The van der Waals surface area contributed by atoms with Crippen LogP contribution in [0.4, 0.5) is 5.82 Å². The lowest BCUT2D eigenvalue weighted by atomic mass is 10.2. The van der Waals surface area contributed by atoms with Crippen LogP contribution >= 0.6 is 15.9 Å². The molecule has 5 heteroatoms. The number of aromatic nitrogens is 3. The summed E-state index contributed by atoms with van der Waals surface area (Å²) in [5.41, 5.74) is 1.22. The molecule has 0 saturated carbocycles. The van der Waals surface area contributed by atoms with Crippen LogP contribution in [0.25, 0.3) is 0 Å². The molecular formula is C11H13BrN4. The summed E-state index contributed by atoms with van der Waals surface area (Å²) in [6, 6.07) is 3.87. The monoisotopic (exact) mass is 280 g/mol. The molecule has 0 aromatic carbocycles. The van der Waals surface area contributed by atoms with E-state index >= 15 is 0 Å². The second-order valence-electron chi connectivity index (χ2n) is 3.53. The van der Waals surface area contributed by atoms with Crippen molar-refractivity contribution in [3.05, 3.63) is 40.8 Å². The van der Waals surface area contributed by atoms with Gasteiger partial charge in [-0.25, -0.2) is 4.98 Å². The van der Waals surface area contributed by atoms with E-state index in [-0.39, 0.29) is 0 Å². The zero-order chi connectivity index (χ0) is 11.4. The third kappa shape index (κ3) is 2.82. The van der Waals surface area contributed by atoms with Crippen LogP contribution in [0.5, 0.6) is 0 Å². The van der Waals surface area contributed by atoms with Crippen molar-refractivity contribution in [3.8, 4) is 0 Å². The maximum absolute atomic E-state index is 4.24. The van der Waals surface area contributed by atoms with Gasteiger partial charge in [0.15, 0.2) is 0 Å². The predicted molar refractivity (Wildman–Crippen MR) is 67.3 cm³/mol. The second-order valence-corrected chi connectivity index (χ2v) is 4.39. The summed E-state index contributed by atoms with van der Waals surface area (Å²) in [6.45, 7) is 0.849. The normalized spacial score (nSPS) is 10.4. The highest BCUT2D eigenvalue weighted by Gasteiger charge is 2.00. The Morgan fingerprint density at radius 3 is 3.06 bits per heavy atom. The van der Waals surface area contributed by atoms with Gasteiger partial charge in [0.25, 0.3) is 0 Å². The highest BCUT2D eigenvalue weighted by Crippen LogP contribution is 2.17. The zero-order valence-corrected chi connectivity index (χ0v) is 10.6. The van der Waals surface area contributed by atoms with Gasteiger partial charge in [-0.1, -0.05) is 0 Å². The van der Waals surface area contributed by atoms with E-state index in [1.165, 1.54) is 5.56 Å². The van der Waals surface area contributed by atoms with Crippen molar-refractivity contribution in [1.29, 1.82) is 0 Å². The summed E-state index contributed by atoms with van der Waals surface area (Å²) < 4.78 is 2.80. The quantitative estimate of drug-likeness (QED) is 0.934. The van der Waals surface area contributed by atoms with Crippen molar-refractivity contribution in [3.63, 3.8) is 0 Å². The summed E-state index contributed by atoms with van der Waals surface area (Å²) in [5, 5.41) is 7.40. The minimum Gasteiger partial charge on any atom is -0.369 e. The van der Waals surface area contributed by atoms with Gasteiger partial charge in [-0.3, -0.25) is 4.68 Å². The first-order valence-electron chi connectivity index (χ1n) is 5.07. The fourth-order valence-electron chi connectivity index (χ4n) is 1.44. The van der Waals surface area contributed by atoms with Crippen molar-refractivity contribution in [1.82, 2.24) is 14.8 Å². The molecule has 0 spiro atoms. The van der Waals surface area contributed by atoms with Gasteiger partial charge in [-0.2, -0.15) is 5.10 Å². The molecule has 2 aromatic rings. The summed E-state index contributed by atoms with van der Waals surface area (Å²) in [6.07, 6.45) is 6.62. The van der Waals surface area contributed by atoms with E-state index in [9.17, 15) is 0 Å². The lowest BCUT2D eigenvalue weighted by Gasteiger charge is -2.05. The van der Waals surface area contributed by atoms with Gasteiger partial charge in [0.2, 0.25) is 0 Å². The van der Waals surface area contributed by atoms with Crippen LogP contribution in [0.3, 0.4) is 0 Å². The van der Waals surface area contributed by atoms with Crippen molar-refractivity contribution < 1.29 is 0 Å².